The number of carbonyl (C=O) groups excluding carboxylic acids is 1. The summed E-state index contributed by atoms with van der Waals surface area (Å²) in [6.45, 7) is 5.43. The summed E-state index contributed by atoms with van der Waals surface area (Å²) in [4.78, 5) is 16.0. The highest BCUT2D eigenvalue weighted by atomic mass is 16.7. The van der Waals surface area contributed by atoms with E-state index in [9.17, 15) is 4.79 Å². The van der Waals surface area contributed by atoms with Gasteiger partial charge in [-0.1, -0.05) is 13.8 Å². The molecule has 1 aliphatic heterocycles. The number of unbranched alkanes of at least 4 members (excludes halogenated alkanes) is 1. The molecule has 3 rings (SSSR count). The fourth-order valence-electron chi connectivity index (χ4n) is 3.73. The van der Waals surface area contributed by atoms with Crippen LogP contribution in [-0.2, 0) is 20.7 Å². The molecule has 1 aromatic heterocycles. The molecule has 1 amide bonds. The average molecular weight is 431 g/mol. The molecule has 0 aliphatic carbocycles. The molecule has 0 saturated heterocycles. The van der Waals surface area contributed by atoms with E-state index < -0.39 is 6.29 Å². The summed E-state index contributed by atoms with van der Waals surface area (Å²) in [5.74, 6) is 1.53. The summed E-state index contributed by atoms with van der Waals surface area (Å²) in [5.41, 5.74) is 2.17. The third-order valence-corrected chi connectivity index (χ3v) is 5.68. The van der Waals surface area contributed by atoms with Gasteiger partial charge in [0, 0.05) is 36.7 Å². The molecule has 0 spiro atoms. The first-order valence-corrected chi connectivity index (χ1v) is 11.0. The summed E-state index contributed by atoms with van der Waals surface area (Å²) in [7, 11) is 1.65. The number of hydrogen-bond donors (Lipinski definition) is 3. The summed E-state index contributed by atoms with van der Waals surface area (Å²) in [5, 5.41) is 13.0. The van der Waals surface area contributed by atoms with Crippen molar-refractivity contribution < 1.29 is 24.1 Å². The van der Waals surface area contributed by atoms with Crippen molar-refractivity contribution >= 4 is 16.8 Å². The number of benzene rings is 1. The number of amides is 1. The number of methoxy groups -OCH3 is 1. The van der Waals surface area contributed by atoms with E-state index in [-0.39, 0.29) is 18.4 Å². The van der Waals surface area contributed by atoms with Gasteiger partial charge < -0.3 is 29.6 Å². The Labute approximate surface area is 183 Å². The summed E-state index contributed by atoms with van der Waals surface area (Å²) in [6.07, 6.45) is 6.35. The highest BCUT2D eigenvalue weighted by Gasteiger charge is 2.29. The molecule has 7 heteroatoms. The van der Waals surface area contributed by atoms with Crippen LogP contribution < -0.4 is 10.1 Å². The van der Waals surface area contributed by atoms with Crippen LogP contribution >= 0.6 is 0 Å². The number of rotatable bonds is 11. The first kappa shape index (κ1) is 23.2. The van der Waals surface area contributed by atoms with E-state index in [0.29, 0.717) is 37.7 Å². The highest BCUT2D eigenvalue weighted by molar-refractivity contribution is 5.91. The van der Waals surface area contributed by atoms with Crippen molar-refractivity contribution in [2.75, 3.05) is 26.9 Å². The maximum atomic E-state index is 12.8. The number of aliphatic hydroxyl groups excluding tert-OH is 1. The molecule has 2 heterocycles. The topological polar surface area (TPSA) is 92.8 Å². The standard InChI is InChI=1S/C24H34N2O5/c1-16(2)18-12-22(31-23(13-18)30-11-5-4-10-27)24(28)25-9-8-17-15-26-21-7-6-19(29-3)14-20(17)21/h6-7,12,14-16,18,23,26-27H,4-5,8-11,13H2,1-3H3,(H,25,28)/t18-,23+/m1/s1. The fraction of sp³-hybridized carbons (Fsp3) is 0.542. The van der Waals surface area contributed by atoms with Crippen LogP contribution in [-0.4, -0.2) is 49.2 Å². The smallest absolute Gasteiger partial charge is 0.286 e. The number of carbonyl (C=O) groups is 1. The number of ether oxygens (including phenoxy) is 3. The zero-order valence-corrected chi connectivity index (χ0v) is 18.6. The predicted octanol–water partition coefficient (Wildman–Crippen LogP) is 3.53. The van der Waals surface area contributed by atoms with E-state index in [1.165, 1.54) is 0 Å². The molecule has 7 nitrogen and oxygen atoms in total. The minimum Gasteiger partial charge on any atom is -0.497 e. The Morgan fingerprint density at radius 2 is 2.19 bits per heavy atom. The number of fused-ring (bicyclic) bond motifs is 1. The SMILES string of the molecule is COc1ccc2[nH]cc(CCNC(=O)C3=C[C@@H](C(C)C)C[C@@H](OCCCCO)O3)c2c1. The molecular weight excluding hydrogens is 396 g/mol. The second-order valence-electron chi connectivity index (χ2n) is 8.25. The van der Waals surface area contributed by atoms with E-state index in [2.05, 4.69) is 24.1 Å². The van der Waals surface area contributed by atoms with E-state index in [1.54, 1.807) is 7.11 Å². The lowest BCUT2D eigenvalue weighted by molar-refractivity contribution is -0.150. The van der Waals surface area contributed by atoms with Gasteiger partial charge in [-0.3, -0.25) is 4.79 Å². The number of aromatic amines is 1. The number of aromatic nitrogens is 1. The van der Waals surface area contributed by atoms with Crippen molar-refractivity contribution in [2.24, 2.45) is 11.8 Å². The molecule has 0 unspecified atom stereocenters. The lowest BCUT2D eigenvalue weighted by Gasteiger charge is -2.30. The molecule has 1 aromatic carbocycles. The summed E-state index contributed by atoms with van der Waals surface area (Å²) < 4.78 is 17.0. The van der Waals surface area contributed by atoms with Gasteiger partial charge in [0.25, 0.3) is 5.91 Å². The molecule has 3 N–H and O–H groups in total. The van der Waals surface area contributed by atoms with Gasteiger partial charge in [-0.15, -0.1) is 0 Å². The fourth-order valence-corrected chi connectivity index (χ4v) is 3.73. The van der Waals surface area contributed by atoms with Crippen LogP contribution in [0.5, 0.6) is 5.75 Å². The third-order valence-electron chi connectivity index (χ3n) is 5.68. The van der Waals surface area contributed by atoms with Crippen molar-refractivity contribution in [2.45, 2.75) is 45.8 Å². The maximum Gasteiger partial charge on any atom is 0.286 e. The minimum absolute atomic E-state index is 0.153. The Kier molecular flexibility index (Phi) is 8.37. The number of aliphatic hydroxyl groups is 1. The Bertz CT molecular complexity index is 889. The summed E-state index contributed by atoms with van der Waals surface area (Å²) in [6, 6.07) is 5.91. The van der Waals surface area contributed by atoms with Gasteiger partial charge >= 0.3 is 0 Å². The van der Waals surface area contributed by atoms with Gasteiger partial charge in [0.2, 0.25) is 6.29 Å². The maximum absolute atomic E-state index is 12.8. The molecular formula is C24H34N2O5. The van der Waals surface area contributed by atoms with Crippen LogP contribution in [0, 0.1) is 11.8 Å². The van der Waals surface area contributed by atoms with E-state index >= 15 is 0 Å². The third kappa shape index (κ3) is 6.24. The normalized spacial score (nSPS) is 18.7. The summed E-state index contributed by atoms with van der Waals surface area (Å²) >= 11 is 0. The number of allylic oxidation sites excluding steroid dienone is 1. The second kappa shape index (κ2) is 11.2. The van der Waals surface area contributed by atoms with Crippen LogP contribution in [0.1, 0.15) is 38.7 Å². The molecule has 1 aliphatic rings. The zero-order chi connectivity index (χ0) is 22.2. The van der Waals surface area contributed by atoms with Crippen LogP contribution in [0.4, 0.5) is 0 Å². The van der Waals surface area contributed by atoms with Gasteiger partial charge in [-0.05, 0) is 60.9 Å². The Balaban J connectivity index is 1.57. The molecule has 0 fully saturated rings. The van der Waals surface area contributed by atoms with E-state index in [1.807, 2.05) is 30.5 Å². The molecule has 2 atom stereocenters. The van der Waals surface area contributed by atoms with Crippen molar-refractivity contribution in [3.05, 3.63) is 41.8 Å². The molecule has 0 saturated carbocycles. The molecule has 170 valence electrons. The Morgan fingerprint density at radius 1 is 1.35 bits per heavy atom. The largest absolute Gasteiger partial charge is 0.497 e. The zero-order valence-electron chi connectivity index (χ0n) is 18.6. The van der Waals surface area contributed by atoms with Gasteiger partial charge in [0.1, 0.15) is 5.75 Å². The number of nitrogens with one attached hydrogen (secondary N) is 2. The molecule has 2 aromatic rings. The first-order valence-electron chi connectivity index (χ1n) is 11.0. The van der Waals surface area contributed by atoms with Crippen LogP contribution in [0.25, 0.3) is 10.9 Å². The number of H-pyrrole nitrogens is 1. The Hall–Kier alpha value is -2.51. The van der Waals surface area contributed by atoms with Gasteiger partial charge in [-0.25, -0.2) is 0 Å². The van der Waals surface area contributed by atoms with Crippen molar-refractivity contribution in [1.82, 2.24) is 10.3 Å². The molecule has 31 heavy (non-hydrogen) atoms. The van der Waals surface area contributed by atoms with Crippen LogP contribution in [0.2, 0.25) is 0 Å². The molecule has 0 bridgehead atoms. The van der Waals surface area contributed by atoms with Gasteiger partial charge in [-0.2, -0.15) is 0 Å². The van der Waals surface area contributed by atoms with Crippen LogP contribution in [0.3, 0.4) is 0 Å². The lowest BCUT2D eigenvalue weighted by atomic mass is 9.90. The predicted molar refractivity (Wildman–Crippen MR) is 120 cm³/mol. The lowest BCUT2D eigenvalue weighted by Crippen LogP contribution is -2.35. The van der Waals surface area contributed by atoms with Gasteiger partial charge in [0.15, 0.2) is 5.76 Å². The van der Waals surface area contributed by atoms with Gasteiger partial charge in [0.05, 0.1) is 13.7 Å². The van der Waals surface area contributed by atoms with Crippen molar-refractivity contribution in [3.63, 3.8) is 0 Å². The van der Waals surface area contributed by atoms with Crippen LogP contribution in [0.15, 0.2) is 36.2 Å². The van der Waals surface area contributed by atoms with E-state index in [4.69, 9.17) is 19.3 Å². The van der Waals surface area contributed by atoms with Crippen molar-refractivity contribution in [1.29, 1.82) is 0 Å². The highest BCUT2D eigenvalue weighted by Crippen LogP contribution is 2.29. The quantitative estimate of drug-likeness (QED) is 0.474. The van der Waals surface area contributed by atoms with Crippen molar-refractivity contribution in [3.8, 4) is 5.75 Å². The Morgan fingerprint density at radius 3 is 2.94 bits per heavy atom. The average Bonchev–Trinajstić information content (AvgIpc) is 3.18. The first-order chi connectivity index (χ1) is 15.0. The van der Waals surface area contributed by atoms with E-state index in [0.717, 1.165) is 35.1 Å². The molecule has 0 radical (unpaired) electrons. The second-order valence-corrected chi connectivity index (χ2v) is 8.25. The minimum atomic E-state index is -0.432. The number of hydrogen-bond acceptors (Lipinski definition) is 5. The monoisotopic (exact) mass is 430 g/mol.